The van der Waals surface area contributed by atoms with Crippen LogP contribution in [0.1, 0.15) is 16.1 Å². The van der Waals surface area contributed by atoms with Crippen LogP contribution in [-0.2, 0) is 10.9 Å². The second-order valence-corrected chi connectivity index (χ2v) is 7.75. The van der Waals surface area contributed by atoms with E-state index in [-0.39, 0.29) is 11.1 Å². The minimum atomic E-state index is -4.84. The molecular weight excluding hydrogens is 463 g/mol. The number of rotatable bonds is 5. The summed E-state index contributed by atoms with van der Waals surface area (Å²) < 4.78 is 47.5. The first-order valence-corrected chi connectivity index (χ1v) is 10.1. The van der Waals surface area contributed by atoms with Crippen LogP contribution in [-0.4, -0.2) is 73.5 Å². The minimum absolute atomic E-state index is 0.120. The first kappa shape index (κ1) is 24.0. The van der Waals surface area contributed by atoms with E-state index in [0.717, 1.165) is 12.1 Å². The van der Waals surface area contributed by atoms with Gasteiger partial charge < -0.3 is 35.1 Å². The Morgan fingerprint density at radius 3 is 2.26 bits per heavy atom. The highest BCUT2D eigenvalue weighted by molar-refractivity contribution is 5.97. The van der Waals surface area contributed by atoms with Gasteiger partial charge >= 0.3 is 12.1 Å². The fraction of sp³-hybridized carbons (Fsp3) is 0.318. The maximum Gasteiger partial charge on any atom is 0.417 e. The van der Waals surface area contributed by atoms with E-state index >= 15 is 0 Å². The van der Waals surface area contributed by atoms with Crippen molar-refractivity contribution in [1.82, 2.24) is 4.73 Å². The molecule has 0 unspecified atom stereocenters. The summed E-state index contributed by atoms with van der Waals surface area (Å²) in [6, 6.07) is 11.0. The Morgan fingerprint density at radius 1 is 1.00 bits per heavy atom. The number of aromatic nitrogens is 1. The molecule has 9 nitrogen and oxygen atoms in total. The molecule has 182 valence electrons. The van der Waals surface area contributed by atoms with Crippen LogP contribution in [0.5, 0.6) is 0 Å². The number of halogens is 3. The third kappa shape index (κ3) is 4.21. The van der Waals surface area contributed by atoms with Crippen LogP contribution in [0.15, 0.2) is 48.5 Å². The van der Waals surface area contributed by atoms with E-state index in [0.29, 0.717) is 10.3 Å². The zero-order chi connectivity index (χ0) is 24.8. The number of fused-ring (bicyclic) bond motifs is 1. The summed E-state index contributed by atoms with van der Waals surface area (Å²) in [5.74, 6) is -1.63. The number of alkyl halides is 3. The molecule has 1 aromatic heterocycles. The van der Waals surface area contributed by atoms with Gasteiger partial charge in [-0.25, -0.2) is 4.79 Å². The van der Waals surface area contributed by atoms with E-state index in [1.165, 1.54) is 6.07 Å². The van der Waals surface area contributed by atoms with Crippen LogP contribution < -0.4 is 4.84 Å². The number of hydrogen-bond donors (Lipinski definition) is 5. The van der Waals surface area contributed by atoms with Crippen molar-refractivity contribution in [3.05, 3.63) is 59.8 Å². The molecule has 12 heteroatoms. The highest BCUT2D eigenvalue weighted by Crippen LogP contribution is 2.39. The number of aromatic carboxylic acids is 1. The van der Waals surface area contributed by atoms with E-state index < -0.39 is 66.1 Å². The predicted molar refractivity (Wildman–Crippen MR) is 110 cm³/mol. The second-order valence-electron chi connectivity index (χ2n) is 7.75. The number of aliphatic hydroxyl groups excluding tert-OH is 4. The molecule has 0 spiro atoms. The first-order valence-electron chi connectivity index (χ1n) is 10.1. The Balaban J connectivity index is 1.90. The fourth-order valence-electron chi connectivity index (χ4n) is 3.84. The van der Waals surface area contributed by atoms with Gasteiger partial charge in [0, 0.05) is 5.39 Å². The first-order chi connectivity index (χ1) is 16.0. The van der Waals surface area contributed by atoms with Gasteiger partial charge in [-0.2, -0.15) is 17.9 Å². The van der Waals surface area contributed by atoms with E-state index in [1.807, 2.05) is 0 Å². The lowest BCUT2D eigenvalue weighted by Crippen LogP contribution is -2.61. The Kier molecular flexibility index (Phi) is 6.27. The van der Waals surface area contributed by atoms with Gasteiger partial charge in [0.05, 0.1) is 17.7 Å². The molecule has 5 atom stereocenters. The largest absolute Gasteiger partial charge is 0.476 e. The van der Waals surface area contributed by atoms with E-state index in [4.69, 9.17) is 9.57 Å². The molecule has 3 aromatic rings. The van der Waals surface area contributed by atoms with Crippen LogP contribution >= 0.6 is 0 Å². The summed E-state index contributed by atoms with van der Waals surface area (Å²) in [5, 5.41) is 48.7. The number of carboxylic acid groups (broad SMARTS) is 1. The molecule has 1 aliphatic rings. The molecule has 0 aliphatic carbocycles. The third-order valence-electron chi connectivity index (χ3n) is 5.57. The Bertz CT molecular complexity index is 1190. The van der Waals surface area contributed by atoms with Crippen LogP contribution in [0, 0.1) is 0 Å². The van der Waals surface area contributed by atoms with Crippen molar-refractivity contribution in [2.45, 2.75) is 36.9 Å². The number of nitrogens with zero attached hydrogens (tertiary/aromatic N) is 1. The molecule has 0 radical (unpaired) electrons. The normalized spacial score (nSPS) is 25.4. The molecule has 34 heavy (non-hydrogen) atoms. The molecule has 2 heterocycles. The lowest BCUT2D eigenvalue weighted by Gasteiger charge is -2.39. The predicted octanol–water partition coefficient (Wildman–Crippen LogP) is 1.25. The minimum Gasteiger partial charge on any atom is -0.476 e. The standard InChI is InChI=1S/C22H20F3NO8/c23-22(24,25)13-6-11(10-4-2-1-3-5-10)7-14-12(13)8-15(20(31)32)26(14)34-21-19(30)18(29)17(28)16(9-27)33-21/h1-8,16-19,21,27-30H,9H2,(H,31,32)/t16-,17-,18+,19-,21+/m1/s1. The highest BCUT2D eigenvalue weighted by Gasteiger charge is 2.45. The molecule has 1 fully saturated rings. The lowest BCUT2D eigenvalue weighted by molar-refractivity contribution is -0.299. The van der Waals surface area contributed by atoms with Gasteiger partial charge in [-0.05, 0) is 29.3 Å². The van der Waals surface area contributed by atoms with Gasteiger partial charge in [-0.15, -0.1) is 0 Å². The molecule has 5 N–H and O–H groups in total. The fourth-order valence-corrected chi connectivity index (χ4v) is 3.84. The molecule has 1 saturated heterocycles. The number of aliphatic hydroxyl groups is 4. The number of ether oxygens (including phenoxy) is 1. The van der Waals surface area contributed by atoms with Crippen LogP contribution in [0.25, 0.3) is 22.0 Å². The van der Waals surface area contributed by atoms with Gasteiger partial charge in [0.15, 0.2) is 5.69 Å². The summed E-state index contributed by atoms with van der Waals surface area (Å²) >= 11 is 0. The van der Waals surface area contributed by atoms with Crippen molar-refractivity contribution in [2.75, 3.05) is 6.61 Å². The molecular formula is C22H20F3NO8. The summed E-state index contributed by atoms with van der Waals surface area (Å²) in [7, 11) is 0. The summed E-state index contributed by atoms with van der Waals surface area (Å²) in [5.41, 5.74) is -1.56. The van der Waals surface area contributed by atoms with Crippen LogP contribution in [0.3, 0.4) is 0 Å². The molecule has 2 aromatic carbocycles. The number of hydrogen-bond acceptors (Lipinski definition) is 7. The Labute approximate surface area is 189 Å². The Hall–Kier alpha value is -3.16. The molecule has 0 amide bonds. The lowest BCUT2D eigenvalue weighted by atomic mass is 9.99. The molecule has 1 aliphatic heterocycles. The summed E-state index contributed by atoms with van der Waals surface area (Å²) in [6.07, 6.45) is -13.5. The molecule has 0 saturated carbocycles. The van der Waals surface area contributed by atoms with Crippen LogP contribution in [0.2, 0.25) is 0 Å². The van der Waals surface area contributed by atoms with E-state index in [9.17, 15) is 43.5 Å². The quantitative estimate of drug-likeness (QED) is 0.365. The van der Waals surface area contributed by atoms with Gasteiger partial charge in [-0.3, -0.25) is 0 Å². The highest BCUT2D eigenvalue weighted by atomic mass is 19.4. The average molecular weight is 483 g/mol. The smallest absolute Gasteiger partial charge is 0.417 e. The topological polar surface area (TPSA) is 142 Å². The summed E-state index contributed by atoms with van der Waals surface area (Å²) in [6.45, 7) is -0.778. The monoisotopic (exact) mass is 483 g/mol. The maximum atomic E-state index is 13.9. The zero-order valence-electron chi connectivity index (χ0n) is 17.3. The van der Waals surface area contributed by atoms with Gasteiger partial charge in [0.25, 0.3) is 6.29 Å². The Morgan fingerprint density at radius 2 is 1.68 bits per heavy atom. The van der Waals surface area contributed by atoms with Crippen molar-refractivity contribution in [1.29, 1.82) is 0 Å². The third-order valence-corrected chi connectivity index (χ3v) is 5.57. The second kappa shape index (κ2) is 8.89. The van der Waals surface area contributed by atoms with E-state index in [2.05, 4.69) is 0 Å². The van der Waals surface area contributed by atoms with Gasteiger partial charge in [-0.1, -0.05) is 30.3 Å². The molecule has 4 rings (SSSR count). The number of carboxylic acids is 1. The zero-order valence-corrected chi connectivity index (χ0v) is 17.3. The maximum absolute atomic E-state index is 13.9. The van der Waals surface area contributed by atoms with Crippen molar-refractivity contribution in [2.24, 2.45) is 0 Å². The van der Waals surface area contributed by atoms with Crippen LogP contribution in [0.4, 0.5) is 13.2 Å². The molecule has 0 bridgehead atoms. The van der Waals surface area contributed by atoms with E-state index in [1.54, 1.807) is 30.3 Å². The van der Waals surface area contributed by atoms with Crippen molar-refractivity contribution >= 4 is 16.9 Å². The average Bonchev–Trinajstić information content (AvgIpc) is 3.17. The SMILES string of the molecule is O=C(O)c1cc2c(C(F)(F)F)cc(-c3ccccc3)cc2n1O[C@@H]1O[C@H](CO)[C@@H](O)[C@H](O)[C@H]1O. The van der Waals surface area contributed by atoms with Gasteiger partial charge in [0.2, 0.25) is 0 Å². The van der Waals surface area contributed by atoms with Crippen molar-refractivity contribution in [3.8, 4) is 11.1 Å². The summed E-state index contributed by atoms with van der Waals surface area (Å²) in [4.78, 5) is 17.3. The van der Waals surface area contributed by atoms with Crippen molar-refractivity contribution in [3.63, 3.8) is 0 Å². The number of carbonyl (C=O) groups is 1. The van der Waals surface area contributed by atoms with Gasteiger partial charge in [0.1, 0.15) is 24.4 Å². The number of benzene rings is 2. The van der Waals surface area contributed by atoms with Crippen molar-refractivity contribution < 1.29 is 53.1 Å².